The van der Waals surface area contributed by atoms with Crippen molar-refractivity contribution in [3.05, 3.63) is 48.4 Å². The van der Waals surface area contributed by atoms with Gasteiger partial charge in [-0.15, -0.1) is 0 Å². The third-order valence-corrected chi connectivity index (χ3v) is 7.07. The van der Waals surface area contributed by atoms with Crippen LogP contribution in [-0.2, 0) is 22.8 Å². The lowest BCUT2D eigenvalue weighted by Gasteiger charge is -2.15. The molecule has 4 rings (SSSR count). The lowest BCUT2D eigenvalue weighted by Crippen LogP contribution is -2.30. The number of thiazole rings is 1. The Bertz CT molecular complexity index is 1380. The molecule has 4 aromatic rings. The number of pyridine rings is 1. The van der Waals surface area contributed by atoms with Crippen LogP contribution in [0, 0.1) is 0 Å². The van der Waals surface area contributed by atoms with Crippen LogP contribution in [0.2, 0.25) is 0 Å². The van der Waals surface area contributed by atoms with Gasteiger partial charge in [-0.05, 0) is 23.8 Å². The molecule has 35 heavy (non-hydrogen) atoms. The molecule has 0 bridgehead atoms. The minimum absolute atomic E-state index is 0.214. The van der Waals surface area contributed by atoms with Crippen LogP contribution < -0.4 is 14.9 Å². The van der Waals surface area contributed by atoms with Crippen LogP contribution >= 0.6 is 11.3 Å². The van der Waals surface area contributed by atoms with E-state index in [1.807, 2.05) is 45.0 Å². The molecule has 1 unspecified atom stereocenters. The minimum Gasteiger partial charge on any atom is -0.339 e. The van der Waals surface area contributed by atoms with Crippen LogP contribution in [0.15, 0.2) is 41.2 Å². The topological polar surface area (TPSA) is 126 Å². The number of nitrogens with one attached hydrogen (secondary N) is 2. The van der Waals surface area contributed by atoms with Crippen LogP contribution in [0.1, 0.15) is 32.5 Å². The lowest BCUT2D eigenvalue weighted by atomic mass is 9.97. The number of benzene rings is 1. The fourth-order valence-corrected chi connectivity index (χ4v) is 4.45. The molecule has 0 saturated heterocycles. The number of hydrogen-bond donors (Lipinski definition) is 2. The van der Waals surface area contributed by atoms with E-state index >= 15 is 0 Å². The Hall–Kier alpha value is -3.38. The zero-order valence-electron chi connectivity index (χ0n) is 20.2. The first-order valence-electron chi connectivity index (χ1n) is 10.9. The minimum atomic E-state index is -1.14. The molecule has 1 aromatic carbocycles. The van der Waals surface area contributed by atoms with Crippen molar-refractivity contribution >= 4 is 49.4 Å². The second kappa shape index (κ2) is 10.1. The van der Waals surface area contributed by atoms with Crippen molar-refractivity contribution in [2.24, 2.45) is 0 Å². The molecule has 3 heterocycles. The standard InChI is InChI=1S/C23H27N7O3S2/c1-23(2,3)20-27-19(29-33-20)8-9-25-21(31)28-22-26-17-7-6-14(11-18(17)34-22)15-10-16(13-24-12-15)30(4)35(5)32/h6-7,10-13H,8-9H2,1-5H3,(H2,25,26,28,31). The number of amides is 2. The molecule has 0 fully saturated rings. The molecule has 0 spiro atoms. The third kappa shape index (κ3) is 6.01. The Morgan fingerprint density at radius 2 is 1.97 bits per heavy atom. The molecule has 12 heteroatoms. The van der Waals surface area contributed by atoms with Crippen molar-refractivity contribution in [3.63, 3.8) is 0 Å². The average molecular weight is 514 g/mol. The SMILES string of the molecule is CN(c1cncc(-c2ccc3nc(NC(=O)NCCc4noc(C(C)(C)C)n4)sc3c2)c1)S(C)=O. The van der Waals surface area contributed by atoms with Gasteiger partial charge in [-0.25, -0.2) is 14.0 Å². The highest BCUT2D eigenvalue weighted by atomic mass is 32.2. The van der Waals surface area contributed by atoms with Gasteiger partial charge in [0.05, 0.1) is 22.1 Å². The van der Waals surface area contributed by atoms with E-state index in [1.54, 1.807) is 30.0 Å². The van der Waals surface area contributed by atoms with Gasteiger partial charge in [0.15, 0.2) is 11.0 Å². The number of carbonyl (C=O) groups excluding carboxylic acids is 1. The predicted molar refractivity (Wildman–Crippen MR) is 139 cm³/mol. The number of urea groups is 1. The normalized spacial score (nSPS) is 12.5. The van der Waals surface area contributed by atoms with E-state index in [2.05, 4.69) is 30.7 Å². The van der Waals surface area contributed by atoms with Crippen LogP contribution in [0.3, 0.4) is 0 Å². The summed E-state index contributed by atoms with van der Waals surface area (Å²) in [6, 6.07) is 7.45. The highest BCUT2D eigenvalue weighted by Crippen LogP contribution is 2.31. The quantitative estimate of drug-likeness (QED) is 0.380. The number of carbonyl (C=O) groups is 1. The van der Waals surface area contributed by atoms with E-state index in [0.717, 1.165) is 27.0 Å². The molecule has 0 saturated carbocycles. The molecule has 10 nitrogen and oxygen atoms in total. The van der Waals surface area contributed by atoms with Gasteiger partial charge < -0.3 is 9.84 Å². The number of nitrogens with zero attached hydrogens (tertiary/aromatic N) is 5. The first kappa shape index (κ1) is 24.7. The number of rotatable bonds is 7. The number of aromatic nitrogens is 4. The summed E-state index contributed by atoms with van der Waals surface area (Å²) in [6.07, 6.45) is 5.52. The zero-order chi connectivity index (χ0) is 25.2. The van der Waals surface area contributed by atoms with Crippen LogP contribution in [0.5, 0.6) is 0 Å². The Morgan fingerprint density at radius 3 is 2.69 bits per heavy atom. The second-order valence-electron chi connectivity index (χ2n) is 8.95. The van der Waals surface area contributed by atoms with Gasteiger partial charge in [0.2, 0.25) is 5.89 Å². The summed E-state index contributed by atoms with van der Waals surface area (Å²) in [4.78, 5) is 25.5. The molecule has 184 valence electrons. The maximum atomic E-state index is 12.3. The fourth-order valence-electron chi connectivity index (χ4n) is 3.15. The van der Waals surface area contributed by atoms with Gasteiger partial charge in [-0.3, -0.25) is 14.6 Å². The van der Waals surface area contributed by atoms with E-state index in [9.17, 15) is 9.00 Å². The van der Waals surface area contributed by atoms with Gasteiger partial charge in [0, 0.05) is 43.4 Å². The molecule has 2 amide bonds. The van der Waals surface area contributed by atoms with Crippen molar-refractivity contribution in [1.29, 1.82) is 0 Å². The number of anilines is 2. The summed E-state index contributed by atoms with van der Waals surface area (Å²) < 4.78 is 19.6. The molecule has 0 aliphatic heterocycles. The molecule has 0 aliphatic rings. The highest BCUT2D eigenvalue weighted by molar-refractivity contribution is 7.85. The van der Waals surface area contributed by atoms with E-state index < -0.39 is 11.0 Å². The second-order valence-corrected chi connectivity index (χ2v) is 11.4. The molecular formula is C23H27N7O3S2. The first-order chi connectivity index (χ1) is 16.6. The van der Waals surface area contributed by atoms with Crippen molar-refractivity contribution < 1.29 is 13.5 Å². The van der Waals surface area contributed by atoms with Gasteiger partial charge in [-0.2, -0.15) is 4.98 Å². The van der Waals surface area contributed by atoms with Crippen LogP contribution in [0.25, 0.3) is 21.3 Å². The van der Waals surface area contributed by atoms with Gasteiger partial charge in [0.25, 0.3) is 0 Å². The molecule has 2 N–H and O–H groups in total. The van der Waals surface area contributed by atoms with Crippen molar-refractivity contribution in [2.75, 3.05) is 29.5 Å². The average Bonchev–Trinajstić information content (AvgIpc) is 3.44. The Morgan fingerprint density at radius 1 is 1.17 bits per heavy atom. The number of hydrogen-bond acceptors (Lipinski definition) is 8. The Balaban J connectivity index is 1.39. The van der Waals surface area contributed by atoms with Crippen molar-refractivity contribution in [3.8, 4) is 11.1 Å². The van der Waals surface area contributed by atoms with E-state index in [-0.39, 0.29) is 11.4 Å². The molecule has 0 radical (unpaired) electrons. The Kier molecular flexibility index (Phi) is 7.13. The maximum Gasteiger partial charge on any atom is 0.321 e. The van der Waals surface area contributed by atoms with Crippen molar-refractivity contribution in [1.82, 2.24) is 25.4 Å². The molecule has 3 aromatic heterocycles. The highest BCUT2D eigenvalue weighted by Gasteiger charge is 2.21. The van der Waals surface area contributed by atoms with Gasteiger partial charge >= 0.3 is 6.03 Å². The Labute approximate surface area is 209 Å². The summed E-state index contributed by atoms with van der Waals surface area (Å²) in [5.74, 6) is 1.12. The van der Waals surface area contributed by atoms with Crippen molar-refractivity contribution in [2.45, 2.75) is 32.6 Å². The summed E-state index contributed by atoms with van der Waals surface area (Å²) in [5, 5.41) is 10.0. The van der Waals surface area contributed by atoms with E-state index in [0.29, 0.717) is 29.8 Å². The number of fused-ring (bicyclic) bond motifs is 1. The monoisotopic (exact) mass is 513 g/mol. The molecule has 1 atom stereocenters. The van der Waals surface area contributed by atoms with Gasteiger partial charge in [0.1, 0.15) is 11.0 Å². The predicted octanol–water partition coefficient (Wildman–Crippen LogP) is 4.13. The smallest absolute Gasteiger partial charge is 0.321 e. The fraction of sp³-hybridized carbons (Fsp3) is 0.348. The summed E-state index contributed by atoms with van der Waals surface area (Å²) in [5.41, 5.74) is 3.19. The van der Waals surface area contributed by atoms with E-state index in [4.69, 9.17) is 4.52 Å². The van der Waals surface area contributed by atoms with Gasteiger partial charge in [-0.1, -0.05) is 43.3 Å². The first-order valence-corrected chi connectivity index (χ1v) is 13.2. The largest absolute Gasteiger partial charge is 0.339 e. The molecular weight excluding hydrogens is 486 g/mol. The van der Waals surface area contributed by atoms with E-state index in [1.165, 1.54) is 11.3 Å². The maximum absolute atomic E-state index is 12.3. The van der Waals surface area contributed by atoms with Crippen LogP contribution in [0.4, 0.5) is 15.6 Å². The zero-order valence-corrected chi connectivity index (χ0v) is 21.8. The third-order valence-electron chi connectivity index (χ3n) is 5.16. The summed E-state index contributed by atoms with van der Waals surface area (Å²) in [7, 11) is 0.622. The summed E-state index contributed by atoms with van der Waals surface area (Å²) >= 11 is 1.38. The van der Waals surface area contributed by atoms with Crippen LogP contribution in [-0.4, -0.2) is 50.2 Å². The molecule has 0 aliphatic carbocycles. The lowest BCUT2D eigenvalue weighted by molar-refractivity contribution is 0.252. The summed E-state index contributed by atoms with van der Waals surface area (Å²) in [6.45, 7) is 6.36.